The minimum Gasteiger partial charge on any atom is -0.443 e. The van der Waals surface area contributed by atoms with E-state index in [1.807, 2.05) is 17.5 Å². The molecule has 0 atom stereocenters. The lowest BCUT2D eigenvalue weighted by Crippen LogP contribution is -2.42. The number of halogens is 1. The number of nitrogens with two attached hydrogens (primary N) is 1. The van der Waals surface area contributed by atoms with Gasteiger partial charge >= 0.3 is 0 Å². The molecule has 3 rings (SSSR count). The number of piperidine rings is 1. The molecule has 1 saturated heterocycles. The molecule has 0 radical (unpaired) electrons. The van der Waals surface area contributed by atoms with E-state index in [2.05, 4.69) is 21.8 Å². The van der Waals surface area contributed by atoms with Crippen molar-refractivity contribution in [3.05, 3.63) is 29.5 Å². The molecule has 7 heteroatoms. The molecule has 120 valence electrons. The van der Waals surface area contributed by atoms with Crippen LogP contribution in [0.5, 0.6) is 0 Å². The van der Waals surface area contributed by atoms with Crippen molar-refractivity contribution in [1.29, 1.82) is 0 Å². The Kier molecular flexibility index (Phi) is 6.25. The molecule has 0 saturated carbocycles. The second kappa shape index (κ2) is 7.96. The molecule has 0 aromatic carbocycles. The summed E-state index contributed by atoms with van der Waals surface area (Å²) in [5.41, 5.74) is 6.87. The van der Waals surface area contributed by atoms with Gasteiger partial charge < -0.3 is 15.1 Å². The van der Waals surface area contributed by atoms with E-state index in [1.165, 1.54) is 12.8 Å². The molecule has 0 bridgehead atoms. The lowest BCUT2D eigenvalue weighted by atomic mass is 10.00. The summed E-state index contributed by atoms with van der Waals surface area (Å²) in [6.07, 6.45) is 4.02. The largest absolute Gasteiger partial charge is 0.443 e. The number of nitrogens with zero attached hydrogens (tertiary/aromatic N) is 3. The summed E-state index contributed by atoms with van der Waals surface area (Å²) >= 11 is 1.61. The molecular weight excluding hydrogens is 411 g/mol. The third kappa shape index (κ3) is 4.22. The molecule has 3 heterocycles. The predicted octanol–water partition coefficient (Wildman–Crippen LogP) is 3.57. The van der Waals surface area contributed by atoms with E-state index >= 15 is 0 Å². The molecule has 2 N–H and O–H groups in total. The Balaban J connectivity index is 0.00000176. The van der Waals surface area contributed by atoms with Crippen LogP contribution in [0.4, 0.5) is 0 Å². The van der Waals surface area contributed by atoms with Crippen molar-refractivity contribution in [2.75, 3.05) is 13.1 Å². The summed E-state index contributed by atoms with van der Waals surface area (Å²) in [6.45, 7) is 4.74. The number of rotatable bonds is 3. The monoisotopic (exact) mass is 432 g/mol. The molecule has 1 aliphatic rings. The molecule has 1 aliphatic heterocycles. The SMILES string of the molecule is CC1CCN(C(N)=NCc2coc(-c3cccs3)n2)CC1.I. The number of aliphatic imine (C=N–C) groups is 1. The maximum Gasteiger partial charge on any atom is 0.236 e. The average molecular weight is 432 g/mol. The normalized spacial score (nSPS) is 16.6. The summed E-state index contributed by atoms with van der Waals surface area (Å²) < 4.78 is 5.48. The number of hydrogen-bond donors (Lipinski definition) is 1. The summed E-state index contributed by atoms with van der Waals surface area (Å²) in [5, 5.41) is 2.01. The lowest BCUT2D eigenvalue weighted by Gasteiger charge is -2.30. The fourth-order valence-electron chi connectivity index (χ4n) is 2.39. The van der Waals surface area contributed by atoms with Crippen LogP contribution in [0.2, 0.25) is 0 Å². The third-order valence-corrected chi connectivity index (χ3v) is 4.65. The molecule has 0 unspecified atom stereocenters. The molecular formula is C15H21IN4OS. The molecule has 5 nitrogen and oxygen atoms in total. The maximum absolute atomic E-state index is 6.06. The van der Waals surface area contributed by atoms with E-state index in [1.54, 1.807) is 17.6 Å². The van der Waals surface area contributed by atoms with Gasteiger partial charge in [-0.3, -0.25) is 0 Å². The van der Waals surface area contributed by atoms with Gasteiger partial charge in [0, 0.05) is 13.1 Å². The van der Waals surface area contributed by atoms with E-state index < -0.39 is 0 Å². The van der Waals surface area contributed by atoms with Gasteiger partial charge in [-0.25, -0.2) is 9.98 Å². The van der Waals surface area contributed by atoms with Crippen LogP contribution in [0.25, 0.3) is 10.8 Å². The summed E-state index contributed by atoms with van der Waals surface area (Å²) in [4.78, 5) is 12.1. The van der Waals surface area contributed by atoms with Crippen LogP contribution in [0.15, 0.2) is 33.2 Å². The Morgan fingerprint density at radius 3 is 2.95 bits per heavy atom. The molecule has 0 amide bonds. The van der Waals surface area contributed by atoms with Gasteiger partial charge in [0.05, 0.1) is 11.4 Å². The van der Waals surface area contributed by atoms with Crippen molar-refractivity contribution >= 4 is 41.3 Å². The molecule has 0 aliphatic carbocycles. The summed E-state index contributed by atoms with van der Waals surface area (Å²) in [5.74, 6) is 2.06. The first-order valence-corrected chi connectivity index (χ1v) is 8.13. The highest BCUT2D eigenvalue weighted by Gasteiger charge is 2.17. The van der Waals surface area contributed by atoms with E-state index in [-0.39, 0.29) is 24.0 Å². The first-order valence-electron chi connectivity index (χ1n) is 7.25. The summed E-state index contributed by atoms with van der Waals surface area (Å²) in [7, 11) is 0. The van der Waals surface area contributed by atoms with Gasteiger partial charge in [-0.2, -0.15) is 0 Å². The van der Waals surface area contributed by atoms with Crippen LogP contribution in [0.3, 0.4) is 0 Å². The quantitative estimate of drug-likeness (QED) is 0.458. The molecule has 22 heavy (non-hydrogen) atoms. The smallest absolute Gasteiger partial charge is 0.236 e. The Labute approximate surface area is 151 Å². The fraction of sp³-hybridized carbons (Fsp3) is 0.467. The van der Waals surface area contributed by atoms with E-state index in [9.17, 15) is 0 Å². The fourth-order valence-corrected chi connectivity index (χ4v) is 3.05. The minimum absolute atomic E-state index is 0. The number of oxazole rings is 1. The second-order valence-electron chi connectivity index (χ2n) is 5.47. The zero-order valence-corrected chi connectivity index (χ0v) is 15.7. The van der Waals surface area contributed by atoms with Crippen LogP contribution >= 0.6 is 35.3 Å². The maximum atomic E-state index is 6.06. The van der Waals surface area contributed by atoms with Crippen LogP contribution < -0.4 is 5.73 Å². The van der Waals surface area contributed by atoms with Crippen LogP contribution in [0.1, 0.15) is 25.5 Å². The van der Waals surface area contributed by atoms with Crippen molar-refractivity contribution < 1.29 is 4.42 Å². The van der Waals surface area contributed by atoms with E-state index in [4.69, 9.17) is 10.2 Å². The highest BCUT2D eigenvalue weighted by atomic mass is 127. The Morgan fingerprint density at radius 2 is 2.27 bits per heavy atom. The van der Waals surface area contributed by atoms with Crippen LogP contribution in [-0.4, -0.2) is 28.9 Å². The first-order chi connectivity index (χ1) is 10.2. The number of thiophene rings is 1. The topological polar surface area (TPSA) is 67.7 Å². The van der Waals surface area contributed by atoms with Crippen molar-refractivity contribution in [3.8, 4) is 10.8 Å². The molecule has 1 fully saturated rings. The minimum atomic E-state index is 0. The van der Waals surface area contributed by atoms with Crippen molar-refractivity contribution in [2.24, 2.45) is 16.6 Å². The Morgan fingerprint density at radius 1 is 1.50 bits per heavy atom. The number of guanidine groups is 1. The third-order valence-electron chi connectivity index (χ3n) is 3.79. The molecule has 2 aromatic rings. The predicted molar refractivity (Wildman–Crippen MR) is 101 cm³/mol. The second-order valence-corrected chi connectivity index (χ2v) is 6.41. The number of hydrogen-bond acceptors (Lipinski definition) is 4. The average Bonchev–Trinajstić information content (AvgIpc) is 3.16. The van der Waals surface area contributed by atoms with Gasteiger partial charge in [0.25, 0.3) is 0 Å². The first kappa shape index (κ1) is 17.3. The van der Waals surface area contributed by atoms with Gasteiger partial charge in [-0.05, 0) is 30.2 Å². The van der Waals surface area contributed by atoms with E-state index in [0.717, 1.165) is 29.6 Å². The highest BCUT2D eigenvalue weighted by Crippen LogP contribution is 2.23. The molecule has 0 spiro atoms. The Hall–Kier alpha value is -1.09. The lowest BCUT2D eigenvalue weighted by molar-refractivity contribution is 0.277. The highest BCUT2D eigenvalue weighted by molar-refractivity contribution is 14.0. The zero-order chi connectivity index (χ0) is 14.7. The van der Waals surface area contributed by atoms with Gasteiger partial charge in [0.2, 0.25) is 5.89 Å². The van der Waals surface area contributed by atoms with Crippen LogP contribution in [0, 0.1) is 5.92 Å². The Bertz CT molecular complexity index is 603. The molecule has 2 aromatic heterocycles. The van der Waals surface area contributed by atoms with Crippen molar-refractivity contribution in [3.63, 3.8) is 0 Å². The van der Waals surface area contributed by atoms with Crippen LogP contribution in [-0.2, 0) is 6.54 Å². The van der Waals surface area contributed by atoms with Gasteiger partial charge in [-0.1, -0.05) is 13.0 Å². The number of aromatic nitrogens is 1. The standard InChI is InChI=1S/C15H20N4OS.HI/c1-11-4-6-19(7-5-11)15(16)17-9-12-10-20-14(18-12)13-3-2-8-21-13;/h2-3,8,10-11H,4-7,9H2,1H3,(H2,16,17);1H. The van der Waals surface area contributed by atoms with Gasteiger partial charge in [0.15, 0.2) is 5.96 Å². The van der Waals surface area contributed by atoms with Gasteiger partial charge in [-0.15, -0.1) is 35.3 Å². The number of likely N-dealkylation sites (tertiary alicyclic amines) is 1. The van der Waals surface area contributed by atoms with Gasteiger partial charge in [0.1, 0.15) is 12.0 Å². The summed E-state index contributed by atoms with van der Waals surface area (Å²) in [6, 6.07) is 3.98. The van der Waals surface area contributed by atoms with Crippen molar-refractivity contribution in [2.45, 2.75) is 26.3 Å². The van der Waals surface area contributed by atoms with Crippen molar-refractivity contribution in [1.82, 2.24) is 9.88 Å². The van der Waals surface area contributed by atoms with E-state index in [0.29, 0.717) is 18.4 Å². The zero-order valence-electron chi connectivity index (χ0n) is 12.6.